The SMILES string of the molecule is Cc1cc(Nc2cc(NC(=O)c3ccc(Cl)c(Cl)c3)ccc2C)n(-c2cc(NCCN3CCOCC3)ncn2)n1. The van der Waals surface area contributed by atoms with Gasteiger partial charge in [0.05, 0.1) is 29.0 Å². The summed E-state index contributed by atoms with van der Waals surface area (Å²) in [6.45, 7) is 9.02. The number of hydrogen-bond donors (Lipinski definition) is 3. The van der Waals surface area contributed by atoms with Gasteiger partial charge in [-0.05, 0) is 49.7 Å². The number of aryl methyl sites for hydroxylation is 2. The highest BCUT2D eigenvalue weighted by molar-refractivity contribution is 6.42. The van der Waals surface area contributed by atoms with Gasteiger partial charge in [0, 0.05) is 55.2 Å². The van der Waals surface area contributed by atoms with Gasteiger partial charge in [-0.25, -0.2) is 9.97 Å². The number of anilines is 4. The van der Waals surface area contributed by atoms with Crippen molar-refractivity contribution in [1.29, 1.82) is 0 Å². The quantitative estimate of drug-likeness (QED) is 0.244. The van der Waals surface area contributed by atoms with Crippen LogP contribution < -0.4 is 16.0 Å². The Kier molecular flexibility index (Phi) is 8.81. The number of rotatable bonds is 9. The number of morpholine rings is 1. The summed E-state index contributed by atoms with van der Waals surface area (Å²) in [5.41, 5.74) is 3.67. The Hall–Kier alpha value is -3.70. The molecule has 4 aromatic rings. The smallest absolute Gasteiger partial charge is 0.255 e. The van der Waals surface area contributed by atoms with E-state index in [4.69, 9.17) is 27.9 Å². The van der Waals surface area contributed by atoms with Crippen molar-refractivity contribution in [2.45, 2.75) is 13.8 Å². The highest BCUT2D eigenvalue weighted by atomic mass is 35.5. The van der Waals surface area contributed by atoms with Crippen molar-refractivity contribution < 1.29 is 9.53 Å². The van der Waals surface area contributed by atoms with E-state index < -0.39 is 0 Å². The zero-order valence-electron chi connectivity index (χ0n) is 22.2. The topological polar surface area (TPSA) is 109 Å². The van der Waals surface area contributed by atoms with Gasteiger partial charge in [-0.2, -0.15) is 9.78 Å². The average molecular weight is 582 g/mol. The van der Waals surface area contributed by atoms with Crippen molar-refractivity contribution in [3.63, 3.8) is 0 Å². The molecule has 0 saturated carbocycles. The Morgan fingerprint density at radius 1 is 1.00 bits per heavy atom. The van der Waals surface area contributed by atoms with Crippen LogP contribution in [0.15, 0.2) is 54.9 Å². The van der Waals surface area contributed by atoms with E-state index >= 15 is 0 Å². The highest BCUT2D eigenvalue weighted by Crippen LogP contribution is 2.28. The maximum Gasteiger partial charge on any atom is 0.255 e. The van der Waals surface area contributed by atoms with Crippen molar-refractivity contribution in [1.82, 2.24) is 24.6 Å². The van der Waals surface area contributed by atoms with Crippen molar-refractivity contribution in [2.24, 2.45) is 0 Å². The maximum absolute atomic E-state index is 12.8. The fourth-order valence-corrected chi connectivity index (χ4v) is 4.60. The molecule has 10 nitrogen and oxygen atoms in total. The van der Waals surface area contributed by atoms with Gasteiger partial charge in [0.1, 0.15) is 18.0 Å². The number of amides is 1. The number of ether oxygens (including phenoxy) is 1. The number of benzene rings is 2. The second-order valence-electron chi connectivity index (χ2n) is 9.46. The molecule has 0 atom stereocenters. The minimum Gasteiger partial charge on any atom is -0.379 e. The summed E-state index contributed by atoms with van der Waals surface area (Å²) in [6, 6.07) is 14.2. The Labute approximate surface area is 242 Å². The molecule has 1 fully saturated rings. The number of hydrogen-bond acceptors (Lipinski definition) is 8. The zero-order chi connectivity index (χ0) is 28.1. The van der Waals surface area contributed by atoms with E-state index in [9.17, 15) is 4.79 Å². The molecule has 3 N–H and O–H groups in total. The van der Waals surface area contributed by atoms with Gasteiger partial charge in [-0.1, -0.05) is 29.3 Å². The third kappa shape index (κ3) is 6.89. The second kappa shape index (κ2) is 12.6. The molecular formula is C28H30Cl2N8O2. The van der Waals surface area contributed by atoms with Gasteiger partial charge in [-0.3, -0.25) is 9.69 Å². The monoisotopic (exact) mass is 580 g/mol. The first kappa shape index (κ1) is 27.9. The Morgan fingerprint density at radius 3 is 2.62 bits per heavy atom. The molecule has 0 aliphatic carbocycles. The van der Waals surface area contributed by atoms with Crippen LogP contribution in [-0.4, -0.2) is 69.9 Å². The molecule has 3 heterocycles. The van der Waals surface area contributed by atoms with Crippen LogP contribution in [0.3, 0.4) is 0 Å². The van der Waals surface area contributed by atoms with Crippen LogP contribution >= 0.6 is 23.2 Å². The van der Waals surface area contributed by atoms with Crippen LogP contribution in [0.1, 0.15) is 21.6 Å². The molecule has 1 aliphatic heterocycles. The van der Waals surface area contributed by atoms with E-state index in [1.165, 1.54) is 6.33 Å². The van der Waals surface area contributed by atoms with Gasteiger partial charge >= 0.3 is 0 Å². The normalized spacial score (nSPS) is 13.7. The van der Waals surface area contributed by atoms with E-state index in [2.05, 4.69) is 35.9 Å². The molecule has 1 saturated heterocycles. The van der Waals surface area contributed by atoms with E-state index in [0.29, 0.717) is 27.1 Å². The molecule has 208 valence electrons. The van der Waals surface area contributed by atoms with Crippen LogP contribution in [0.2, 0.25) is 10.0 Å². The lowest BCUT2D eigenvalue weighted by Crippen LogP contribution is -2.39. The number of carbonyl (C=O) groups is 1. The van der Waals surface area contributed by atoms with E-state index in [-0.39, 0.29) is 5.91 Å². The predicted octanol–water partition coefficient (Wildman–Crippen LogP) is 5.33. The lowest BCUT2D eigenvalue weighted by atomic mass is 10.1. The first-order valence-corrected chi connectivity index (χ1v) is 13.7. The standard InChI is InChI=1S/C28H30Cl2N8O2/c1-18-3-5-21(34-28(39)20-4-6-22(29)23(30)14-20)15-24(18)35-27-13-19(2)36-38(27)26-16-25(32-17-33-26)31-7-8-37-9-11-40-12-10-37/h3-6,13-17,35H,7-12H2,1-2H3,(H,34,39)(H,31,32,33). The Bertz CT molecular complexity index is 1500. The van der Waals surface area contributed by atoms with Gasteiger partial charge in [0.2, 0.25) is 0 Å². The van der Waals surface area contributed by atoms with Crippen molar-refractivity contribution in [3.8, 4) is 5.82 Å². The maximum atomic E-state index is 12.8. The van der Waals surface area contributed by atoms with E-state index in [1.54, 1.807) is 22.9 Å². The molecular weight excluding hydrogens is 551 g/mol. The van der Waals surface area contributed by atoms with Crippen LogP contribution in [0.5, 0.6) is 0 Å². The molecule has 0 bridgehead atoms. The number of nitrogens with zero attached hydrogens (tertiary/aromatic N) is 5. The molecule has 40 heavy (non-hydrogen) atoms. The largest absolute Gasteiger partial charge is 0.379 e. The molecule has 2 aromatic heterocycles. The van der Waals surface area contributed by atoms with Crippen molar-refractivity contribution >= 4 is 52.1 Å². The van der Waals surface area contributed by atoms with Crippen LogP contribution in [0, 0.1) is 13.8 Å². The Balaban J connectivity index is 1.30. The first-order chi connectivity index (χ1) is 19.4. The van der Waals surface area contributed by atoms with Gasteiger partial charge in [0.15, 0.2) is 5.82 Å². The summed E-state index contributed by atoms with van der Waals surface area (Å²) in [5, 5.41) is 15.1. The van der Waals surface area contributed by atoms with Gasteiger partial charge < -0.3 is 20.7 Å². The summed E-state index contributed by atoms with van der Waals surface area (Å²) in [4.78, 5) is 24.0. The minimum atomic E-state index is -0.288. The highest BCUT2D eigenvalue weighted by Gasteiger charge is 2.14. The summed E-state index contributed by atoms with van der Waals surface area (Å²) in [5.74, 6) is 1.79. The third-order valence-electron chi connectivity index (χ3n) is 6.48. The molecule has 1 aliphatic rings. The van der Waals surface area contributed by atoms with Crippen LogP contribution in [0.4, 0.5) is 23.0 Å². The number of nitrogens with one attached hydrogen (secondary N) is 3. The fourth-order valence-electron chi connectivity index (χ4n) is 4.30. The molecule has 12 heteroatoms. The number of aromatic nitrogens is 4. The average Bonchev–Trinajstić information content (AvgIpc) is 3.32. The number of carbonyl (C=O) groups excluding carboxylic acids is 1. The number of halogens is 2. The van der Waals surface area contributed by atoms with E-state index in [1.807, 2.05) is 44.2 Å². The fraction of sp³-hybridized carbons (Fsp3) is 0.286. The zero-order valence-corrected chi connectivity index (χ0v) is 23.8. The minimum absolute atomic E-state index is 0.288. The molecule has 0 unspecified atom stereocenters. The molecule has 1 amide bonds. The van der Waals surface area contributed by atoms with Crippen molar-refractivity contribution in [2.75, 3.05) is 55.3 Å². The predicted molar refractivity (Wildman–Crippen MR) is 159 cm³/mol. The molecule has 5 rings (SSSR count). The van der Waals surface area contributed by atoms with Crippen molar-refractivity contribution in [3.05, 3.63) is 81.7 Å². The summed E-state index contributed by atoms with van der Waals surface area (Å²) < 4.78 is 7.16. The van der Waals surface area contributed by atoms with Crippen LogP contribution in [0.25, 0.3) is 5.82 Å². The molecule has 2 aromatic carbocycles. The second-order valence-corrected chi connectivity index (χ2v) is 10.3. The summed E-state index contributed by atoms with van der Waals surface area (Å²) in [6.07, 6.45) is 1.53. The lowest BCUT2D eigenvalue weighted by Gasteiger charge is -2.26. The van der Waals surface area contributed by atoms with Gasteiger partial charge in [-0.15, -0.1) is 0 Å². The summed E-state index contributed by atoms with van der Waals surface area (Å²) in [7, 11) is 0. The Morgan fingerprint density at radius 2 is 1.82 bits per heavy atom. The summed E-state index contributed by atoms with van der Waals surface area (Å²) >= 11 is 12.1. The lowest BCUT2D eigenvalue weighted by molar-refractivity contribution is 0.0398. The third-order valence-corrected chi connectivity index (χ3v) is 7.22. The van der Waals surface area contributed by atoms with E-state index in [0.717, 1.165) is 68.0 Å². The first-order valence-electron chi connectivity index (χ1n) is 12.9. The van der Waals surface area contributed by atoms with Gasteiger partial charge in [0.25, 0.3) is 5.91 Å². The molecule has 0 spiro atoms. The van der Waals surface area contributed by atoms with Crippen LogP contribution in [-0.2, 0) is 4.74 Å². The molecule has 0 radical (unpaired) electrons.